The summed E-state index contributed by atoms with van der Waals surface area (Å²) in [5, 5.41) is 13.0. The SMILES string of the molecule is O=C(NCCc1cnc[nH]1)Oc1ccc([N+](=O)[O-])cc1. The maximum atomic E-state index is 11.5. The average Bonchev–Trinajstić information content (AvgIpc) is 2.92. The highest BCUT2D eigenvalue weighted by Crippen LogP contribution is 2.17. The lowest BCUT2D eigenvalue weighted by Crippen LogP contribution is -2.28. The summed E-state index contributed by atoms with van der Waals surface area (Å²) in [5.41, 5.74) is 0.845. The molecule has 0 saturated heterocycles. The molecular weight excluding hydrogens is 264 g/mol. The molecule has 8 heteroatoms. The summed E-state index contributed by atoms with van der Waals surface area (Å²) in [5.74, 6) is 0.245. The van der Waals surface area contributed by atoms with Crippen molar-refractivity contribution in [3.63, 3.8) is 0 Å². The number of nitrogens with one attached hydrogen (secondary N) is 2. The van der Waals surface area contributed by atoms with Gasteiger partial charge < -0.3 is 15.0 Å². The third kappa shape index (κ3) is 3.80. The Bertz CT molecular complexity index is 580. The first kappa shape index (κ1) is 13.5. The van der Waals surface area contributed by atoms with Gasteiger partial charge in [-0.15, -0.1) is 0 Å². The van der Waals surface area contributed by atoms with E-state index in [-0.39, 0.29) is 11.4 Å². The van der Waals surface area contributed by atoms with Gasteiger partial charge in [-0.1, -0.05) is 0 Å². The van der Waals surface area contributed by atoms with Crippen molar-refractivity contribution in [3.05, 3.63) is 52.6 Å². The third-order valence-electron chi connectivity index (χ3n) is 2.48. The van der Waals surface area contributed by atoms with Gasteiger partial charge in [-0.25, -0.2) is 9.78 Å². The predicted octanol–water partition coefficient (Wildman–Crippen LogP) is 1.65. The van der Waals surface area contributed by atoms with Gasteiger partial charge in [0.05, 0.1) is 11.3 Å². The van der Waals surface area contributed by atoms with Gasteiger partial charge in [-0.05, 0) is 12.1 Å². The van der Waals surface area contributed by atoms with Crippen molar-refractivity contribution in [1.82, 2.24) is 15.3 Å². The largest absolute Gasteiger partial charge is 0.412 e. The number of ether oxygens (including phenoxy) is 1. The summed E-state index contributed by atoms with van der Waals surface area (Å²) in [6, 6.07) is 5.28. The monoisotopic (exact) mass is 276 g/mol. The number of carbonyl (C=O) groups is 1. The van der Waals surface area contributed by atoms with E-state index >= 15 is 0 Å². The molecule has 1 aromatic heterocycles. The van der Waals surface area contributed by atoms with E-state index in [9.17, 15) is 14.9 Å². The molecule has 0 unspecified atom stereocenters. The van der Waals surface area contributed by atoms with E-state index in [4.69, 9.17) is 4.74 Å². The van der Waals surface area contributed by atoms with Gasteiger partial charge in [0.25, 0.3) is 5.69 Å². The first-order valence-electron chi connectivity index (χ1n) is 5.82. The minimum absolute atomic E-state index is 0.0583. The standard InChI is InChI=1S/C12H12N4O4/c17-12(14-6-5-9-7-13-8-15-9)20-11-3-1-10(2-4-11)16(18)19/h1-4,7-8H,5-6H2,(H,13,15)(H,14,17). The zero-order chi connectivity index (χ0) is 14.4. The van der Waals surface area contributed by atoms with E-state index < -0.39 is 11.0 Å². The van der Waals surface area contributed by atoms with Crippen LogP contribution in [0.25, 0.3) is 0 Å². The van der Waals surface area contributed by atoms with Gasteiger partial charge in [0.1, 0.15) is 5.75 Å². The van der Waals surface area contributed by atoms with E-state index in [0.717, 1.165) is 5.69 Å². The Morgan fingerprint density at radius 2 is 2.15 bits per heavy atom. The fourth-order valence-electron chi connectivity index (χ4n) is 1.50. The number of hydrogen-bond acceptors (Lipinski definition) is 5. The number of aromatic amines is 1. The number of rotatable bonds is 5. The highest BCUT2D eigenvalue weighted by Gasteiger charge is 2.07. The van der Waals surface area contributed by atoms with Crippen LogP contribution < -0.4 is 10.1 Å². The van der Waals surface area contributed by atoms with Crippen molar-refractivity contribution in [1.29, 1.82) is 0 Å². The number of aromatic nitrogens is 2. The first-order chi connectivity index (χ1) is 9.65. The number of carbonyl (C=O) groups excluding carboxylic acids is 1. The maximum Gasteiger partial charge on any atom is 0.412 e. The fourth-order valence-corrected chi connectivity index (χ4v) is 1.50. The molecule has 0 spiro atoms. The Morgan fingerprint density at radius 3 is 2.75 bits per heavy atom. The molecule has 0 aliphatic carbocycles. The smallest absolute Gasteiger partial charge is 0.410 e. The first-order valence-corrected chi connectivity index (χ1v) is 5.82. The summed E-state index contributed by atoms with van der Waals surface area (Å²) in [6.07, 6.45) is 3.22. The van der Waals surface area contributed by atoms with E-state index in [2.05, 4.69) is 15.3 Å². The zero-order valence-electron chi connectivity index (χ0n) is 10.4. The number of nitro benzene ring substituents is 1. The second-order valence-corrected chi connectivity index (χ2v) is 3.89. The molecule has 0 bridgehead atoms. The molecular formula is C12H12N4O4. The van der Waals surface area contributed by atoms with Crippen molar-refractivity contribution in [3.8, 4) is 5.75 Å². The van der Waals surface area contributed by atoms with Gasteiger partial charge in [0.15, 0.2) is 0 Å². The van der Waals surface area contributed by atoms with Crippen molar-refractivity contribution < 1.29 is 14.5 Å². The molecule has 2 aromatic rings. The van der Waals surface area contributed by atoms with Crippen LogP contribution in [0.5, 0.6) is 5.75 Å². The molecule has 0 fully saturated rings. The lowest BCUT2D eigenvalue weighted by molar-refractivity contribution is -0.384. The second-order valence-electron chi connectivity index (χ2n) is 3.89. The lowest BCUT2D eigenvalue weighted by Gasteiger charge is -2.05. The van der Waals surface area contributed by atoms with Gasteiger partial charge in [0.2, 0.25) is 0 Å². The number of imidazole rings is 1. The van der Waals surface area contributed by atoms with E-state index in [1.807, 2.05) is 0 Å². The number of nitrogens with zero attached hydrogens (tertiary/aromatic N) is 2. The summed E-state index contributed by atoms with van der Waals surface area (Å²) in [4.78, 5) is 28.2. The van der Waals surface area contributed by atoms with E-state index in [1.165, 1.54) is 24.3 Å². The summed E-state index contributed by atoms with van der Waals surface area (Å²) in [7, 11) is 0. The number of benzene rings is 1. The molecule has 1 aromatic carbocycles. The Hall–Kier alpha value is -2.90. The molecule has 20 heavy (non-hydrogen) atoms. The molecule has 0 atom stereocenters. The quantitative estimate of drug-likeness (QED) is 0.637. The highest BCUT2D eigenvalue weighted by atomic mass is 16.6. The van der Waals surface area contributed by atoms with Crippen molar-refractivity contribution in [2.75, 3.05) is 6.54 Å². The minimum atomic E-state index is -0.613. The molecule has 1 amide bonds. The van der Waals surface area contributed by atoms with E-state index in [0.29, 0.717) is 13.0 Å². The predicted molar refractivity (Wildman–Crippen MR) is 69.4 cm³/mol. The number of amides is 1. The molecule has 2 N–H and O–H groups in total. The topological polar surface area (TPSA) is 110 Å². The number of H-pyrrole nitrogens is 1. The number of nitro groups is 1. The van der Waals surface area contributed by atoms with Crippen molar-refractivity contribution in [2.24, 2.45) is 0 Å². The molecule has 104 valence electrons. The fraction of sp³-hybridized carbons (Fsp3) is 0.167. The minimum Gasteiger partial charge on any atom is -0.410 e. The van der Waals surface area contributed by atoms with Gasteiger partial charge in [-0.2, -0.15) is 0 Å². The van der Waals surface area contributed by atoms with Crippen LogP contribution in [-0.4, -0.2) is 27.5 Å². The van der Waals surface area contributed by atoms with Gasteiger partial charge in [-0.3, -0.25) is 10.1 Å². The molecule has 0 saturated carbocycles. The zero-order valence-corrected chi connectivity index (χ0v) is 10.4. The Kier molecular flexibility index (Phi) is 4.28. The van der Waals surface area contributed by atoms with Gasteiger partial charge >= 0.3 is 6.09 Å². The molecule has 0 radical (unpaired) electrons. The molecule has 2 rings (SSSR count). The lowest BCUT2D eigenvalue weighted by atomic mass is 10.3. The second kappa shape index (κ2) is 6.32. The maximum absolute atomic E-state index is 11.5. The highest BCUT2D eigenvalue weighted by molar-refractivity contribution is 5.70. The molecule has 0 aliphatic rings. The van der Waals surface area contributed by atoms with E-state index in [1.54, 1.807) is 12.5 Å². The normalized spacial score (nSPS) is 10.0. The van der Waals surface area contributed by atoms with Crippen LogP contribution >= 0.6 is 0 Å². The van der Waals surface area contributed by atoms with Crippen LogP contribution in [0, 0.1) is 10.1 Å². The van der Waals surface area contributed by atoms with Crippen molar-refractivity contribution in [2.45, 2.75) is 6.42 Å². The summed E-state index contributed by atoms with van der Waals surface area (Å²) >= 11 is 0. The van der Waals surface area contributed by atoms with Crippen LogP contribution in [0.2, 0.25) is 0 Å². The molecule has 1 heterocycles. The third-order valence-corrected chi connectivity index (χ3v) is 2.48. The Morgan fingerprint density at radius 1 is 1.40 bits per heavy atom. The average molecular weight is 276 g/mol. The van der Waals surface area contributed by atoms with Crippen LogP contribution in [0.3, 0.4) is 0 Å². The van der Waals surface area contributed by atoms with Crippen LogP contribution in [0.4, 0.5) is 10.5 Å². The molecule has 8 nitrogen and oxygen atoms in total. The molecule has 0 aliphatic heterocycles. The summed E-state index contributed by atoms with van der Waals surface area (Å²) < 4.78 is 4.97. The Labute approximate surface area is 113 Å². The number of hydrogen-bond donors (Lipinski definition) is 2. The van der Waals surface area contributed by atoms with Gasteiger partial charge in [0, 0.05) is 37.0 Å². The van der Waals surface area contributed by atoms with Crippen LogP contribution in [-0.2, 0) is 6.42 Å². The van der Waals surface area contributed by atoms with Crippen LogP contribution in [0.1, 0.15) is 5.69 Å². The number of non-ortho nitro benzene ring substituents is 1. The Balaban J connectivity index is 1.77. The summed E-state index contributed by atoms with van der Waals surface area (Å²) in [6.45, 7) is 0.397. The van der Waals surface area contributed by atoms with Crippen LogP contribution in [0.15, 0.2) is 36.8 Å². The van der Waals surface area contributed by atoms with Crippen molar-refractivity contribution >= 4 is 11.8 Å².